The van der Waals surface area contributed by atoms with Crippen molar-refractivity contribution in [1.29, 1.82) is 0 Å². The first-order valence-corrected chi connectivity index (χ1v) is 5.87. The number of aromatic amines is 1. The van der Waals surface area contributed by atoms with Crippen molar-refractivity contribution in [3.63, 3.8) is 0 Å². The average molecular weight is 257 g/mol. The number of H-pyrrole nitrogens is 1. The van der Waals surface area contributed by atoms with E-state index in [1.807, 2.05) is 30.3 Å². The average Bonchev–Trinajstić information content (AvgIpc) is 2.38. The van der Waals surface area contributed by atoms with Gasteiger partial charge < -0.3 is 4.98 Å². The summed E-state index contributed by atoms with van der Waals surface area (Å²) in [4.78, 5) is 19.2. The van der Waals surface area contributed by atoms with Gasteiger partial charge in [0.1, 0.15) is 5.69 Å². The molecule has 0 saturated heterocycles. The molecule has 88 valence electrons. The van der Waals surface area contributed by atoms with Crippen LogP contribution in [0.15, 0.2) is 53.3 Å². The molecule has 0 unspecified atom stereocenters. The topological polar surface area (TPSA) is 45.8 Å². The Balaban J connectivity index is 2.29. The van der Waals surface area contributed by atoms with Crippen LogP contribution in [0.4, 0.5) is 0 Å². The summed E-state index contributed by atoms with van der Waals surface area (Å²) in [5, 5.41) is 0.585. The van der Waals surface area contributed by atoms with Gasteiger partial charge in [-0.15, -0.1) is 0 Å². The summed E-state index contributed by atoms with van der Waals surface area (Å²) in [7, 11) is 0. The quantitative estimate of drug-likeness (QED) is 0.726. The number of hydrogen-bond donors (Lipinski definition) is 1. The molecule has 0 aliphatic rings. The number of rotatable bonds is 1. The highest BCUT2D eigenvalue weighted by atomic mass is 35.5. The molecule has 3 aromatic rings. The summed E-state index contributed by atoms with van der Waals surface area (Å²) in [6, 6.07) is 14.5. The van der Waals surface area contributed by atoms with Gasteiger partial charge in [-0.3, -0.25) is 4.79 Å². The third-order valence-corrected chi connectivity index (χ3v) is 2.93. The summed E-state index contributed by atoms with van der Waals surface area (Å²) in [6.45, 7) is 0. The van der Waals surface area contributed by atoms with Crippen LogP contribution in [0.3, 0.4) is 0 Å². The minimum Gasteiger partial charge on any atom is -0.319 e. The zero-order chi connectivity index (χ0) is 12.5. The number of fused-ring (bicyclic) bond motifs is 1. The summed E-state index contributed by atoms with van der Waals surface area (Å²) in [5.41, 5.74) is 2.38. The smallest absolute Gasteiger partial charge is 0.274 e. The molecule has 0 aliphatic heterocycles. The van der Waals surface area contributed by atoms with Crippen molar-refractivity contribution in [2.45, 2.75) is 0 Å². The van der Waals surface area contributed by atoms with Crippen LogP contribution in [0.2, 0.25) is 5.02 Å². The lowest BCUT2D eigenvalue weighted by Crippen LogP contribution is -2.11. The second kappa shape index (κ2) is 4.27. The molecule has 0 atom stereocenters. The zero-order valence-corrected chi connectivity index (χ0v) is 10.1. The number of aromatic nitrogens is 2. The maximum Gasteiger partial charge on any atom is 0.274 e. The Bertz CT molecular complexity index is 780. The predicted molar refractivity (Wildman–Crippen MR) is 72.8 cm³/mol. The summed E-state index contributed by atoms with van der Waals surface area (Å²) in [6.07, 6.45) is 0. The Kier molecular flexibility index (Phi) is 2.61. The van der Waals surface area contributed by atoms with Crippen molar-refractivity contribution in [2.75, 3.05) is 0 Å². The number of hydrogen-bond acceptors (Lipinski definition) is 2. The molecule has 0 fully saturated rings. The number of nitrogens with one attached hydrogen (secondary N) is 1. The van der Waals surface area contributed by atoms with Gasteiger partial charge in [0.2, 0.25) is 0 Å². The van der Waals surface area contributed by atoms with Crippen molar-refractivity contribution in [3.8, 4) is 11.3 Å². The lowest BCUT2D eigenvalue weighted by Gasteiger charge is -2.02. The van der Waals surface area contributed by atoms with E-state index < -0.39 is 0 Å². The van der Waals surface area contributed by atoms with Crippen LogP contribution in [0.1, 0.15) is 0 Å². The van der Waals surface area contributed by atoms with Crippen LogP contribution in [-0.2, 0) is 0 Å². The molecular formula is C14H9ClN2O. The summed E-state index contributed by atoms with van der Waals surface area (Å²) in [5.74, 6) is 0. The van der Waals surface area contributed by atoms with Crippen LogP contribution >= 0.6 is 11.6 Å². The summed E-state index contributed by atoms with van der Waals surface area (Å²) < 4.78 is 0. The van der Waals surface area contributed by atoms with E-state index in [1.165, 1.54) is 0 Å². The highest BCUT2D eigenvalue weighted by molar-refractivity contribution is 6.30. The van der Waals surface area contributed by atoms with Gasteiger partial charge in [-0.2, -0.15) is 0 Å². The Labute approximate surface area is 108 Å². The molecular weight excluding hydrogens is 248 g/mol. The molecule has 1 heterocycles. The molecule has 0 saturated carbocycles. The third kappa shape index (κ3) is 1.89. The third-order valence-electron chi connectivity index (χ3n) is 2.70. The first-order chi connectivity index (χ1) is 8.74. The van der Waals surface area contributed by atoms with Gasteiger partial charge in [0.05, 0.1) is 11.0 Å². The fourth-order valence-corrected chi connectivity index (χ4v) is 2.05. The number of benzene rings is 2. The Morgan fingerprint density at radius 3 is 2.72 bits per heavy atom. The fourth-order valence-electron chi connectivity index (χ4n) is 1.86. The Morgan fingerprint density at radius 2 is 1.89 bits per heavy atom. The largest absolute Gasteiger partial charge is 0.319 e. The van der Waals surface area contributed by atoms with E-state index in [0.717, 1.165) is 16.6 Å². The molecule has 1 aromatic heterocycles. The van der Waals surface area contributed by atoms with E-state index in [9.17, 15) is 4.79 Å². The van der Waals surface area contributed by atoms with E-state index in [0.29, 0.717) is 10.7 Å². The van der Waals surface area contributed by atoms with E-state index in [2.05, 4.69) is 9.97 Å². The molecule has 18 heavy (non-hydrogen) atoms. The molecule has 2 aromatic carbocycles. The lowest BCUT2D eigenvalue weighted by atomic mass is 10.1. The molecule has 0 bridgehead atoms. The second-order valence-corrected chi connectivity index (χ2v) is 4.38. The highest BCUT2D eigenvalue weighted by Gasteiger charge is 2.07. The van der Waals surface area contributed by atoms with Gasteiger partial charge in [0.25, 0.3) is 5.56 Å². The van der Waals surface area contributed by atoms with Crippen LogP contribution in [-0.4, -0.2) is 9.97 Å². The Morgan fingerprint density at radius 1 is 1.06 bits per heavy atom. The van der Waals surface area contributed by atoms with E-state index in [4.69, 9.17) is 11.6 Å². The van der Waals surface area contributed by atoms with Gasteiger partial charge in [0, 0.05) is 10.6 Å². The number of halogens is 1. The van der Waals surface area contributed by atoms with Crippen molar-refractivity contribution in [3.05, 3.63) is 63.9 Å². The highest BCUT2D eigenvalue weighted by Crippen LogP contribution is 2.19. The SMILES string of the molecule is O=c1[nH]c2ccccc2nc1-c1cccc(Cl)c1. The van der Waals surface area contributed by atoms with Gasteiger partial charge in [0.15, 0.2) is 0 Å². The lowest BCUT2D eigenvalue weighted by molar-refractivity contribution is 1.22. The van der Waals surface area contributed by atoms with Crippen LogP contribution < -0.4 is 5.56 Å². The van der Waals surface area contributed by atoms with Crippen molar-refractivity contribution < 1.29 is 0 Å². The van der Waals surface area contributed by atoms with Gasteiger partial charge in [-0.05, 0) is 24.3 Å². The standard InChI is InChI=1S/C14H9ClN2O/c15-10-5-3-4-9(8-10)13-14(18)17-12-7-2-1-6-11(12)16-13/h1-8H,(H,17,18). The first-order valence-electron chi connectivity index (χ1n) is 5.49. The molecule has 0 radical (unpaired) electrons. The Hall–Kier alpha value is -2.13. The van der Waals surface area contributed by atoms with E-state index in [1.54, 1.807) is 18.2 Å². The molecule has 1 N–H and O–H groups in total. The minimum atomic E-state index is -0.212. The van der Waals surface area contributed by atoms with Crippen molar-refractivity contribution in [2.24, 2.45) is 0 Å². The van der Waals surface area contributed by atoms with Gasteiger partial charge in [-0.25, -0.2) is 4.98 Å². The van der Waals surface area contributed by atoms with Crippen molar-refractivity contribution >= 4 is 22.6 Å². The molecule has 3 nitrogen and oxygen atoms in total. The molecule has 0 aliphatic carbocycles. The molecule has 0 amide bonds. The van der Waals surface area contributed by atoms with Gasteiger partial charge in [-0.1, -0.05) is 35.9 Å². The molecule has 0 spiro atoms. The van der Waals surface area contributed by atoms with Crippen molar-refractivity contribution in [1.82, 2.24) is 9.97 Å². The fraction of sp³-hybridized carbons (Fsp3) is 0. The zero-order valence-electron chi connectivity index (χ0n) is 9.35. The predicted octanol–water partition coefficient (Wildman–Crippen LogP) is 3.24. The minimum absolute atomic E-state index is 0.212. The summed E-state index contributed by atoms with van der Waals surface area (Å²) >= 11 is 5.93. The first kappa shape index (κ1) is 11.0. The number of para-hydroxylation sites is 2. The second-order valence-electron chi connectivity index (χ2n) is 3.94. The number of nitrogens with zero attached hydrogens (tertiary/aromatic N) is 1. The monoisotopic (exact) mass is 256 g/mol. The van der Waals surface area contributed by atoms with Crippen LogP contribution in [0.25, 0.3) is 22.3 Å². The maximum atomic E-state index is 12.0. The molecule has 3 rings (SSSR count). The van der Waals surface area contributed by atoms with Gasteiger partial charge >= 0.3 is 0 Å². The van der Waals surface area contributed by atoms with Crippen LogP contribution in [0.5, 0.6) is 0 Å². The molecule has 4 heteroatoms. The maximum absolute atomic E-state index is 12.0. The van der Waals surface area contributed by atoms with Crippen LogP contribution in [0, 0.1) is 0 Å². The van der Waals surface area contributed by atoms with E-state index in [-0.39, 0.29) is 5.56 Å². The van der Waals surface area contributed by atoms with E-state index >= 15 is 0 Å². The normalized spacial score (nSPS) is 10.7.